The monoisotopic (exact) mass is 721 g/mol. The quantitative estimate of drug-likeness (QED) is 0.0841. The van der Waals surface area contributed by atoms with Gasteiger partial charge in [0.2, 0.25) is 5.91 Å². The first kappa shape index (κ1) is 40.8. The summed E-state index contributed by atoms with van der Waals surface area (Å²) in [4.78, 5) is 59.9. The molecule has 1 aliphatic heterocycles. The average Bonchev–Trinajstić information content (AvgIpc) is 3.01. The van der Waals surface area contributed by atoms with Crippen molar-refractivity contribution in [2.24, 2.45) is 0 Å². The molecule has 5 atom stereocenters. The number of ether oxygens (including phenoxy) is 5. The van der Waals surface area contributed by atoms with Crippen LogP contribution in [0.2, 0.25) is 0 Å². The topological polar surface area (TPSA) is 226 Å². The number of hydrogen-bond acceptors (Lipinski definition) is 12. The predicted octanol–water partition coefficient (Wildman–Crippen LogP) is 4.06. The van der Waals surface area contributed by atoms with Crippen molar-refractivity contribution in [2.45, 2.75) is 128 Å². The SMILES string of the molecule is CC(C)(C)OC(=O)NCCCC(=O)N[C@H]1C[C@@H](O)[C@H](O[C@@H]2CCC=C(CNC(=O)OCc3ccc([N+](=O)[O-])cc3)O2)[C@@H](NC(=O)OC(C)(C)C)C1. The van der Waals surface area contributed by atoms with Gasteiger partial charge in [-0.2, -0.15) is 0 Å². The molecule has 1 saturated carbocycles. The minimum atomic E-state index is -1.09. The van der Waals surface area contributed by atoms with Crippen LogP contribution in [0.4, 0.5) is 20.1 Å². The summed E-state index contributed by atoms with van der Waals surface area (Å²) >= 11 is 0. The highest BCUT2D eigenvalue weighted by Gasteiger charge is 2.41. The molecule has 2 aliphatic rings. The van der Waals surface area contributed by atoms with Crippen LogP contribution in [0.1, 0.15) is 85.6 Å². The van der Waals surface area contributed by atoms with E-state index in [1.807, 2.05) is 0 Å². The van der Waals surface area contributed by atoms with Gasteiger partial charge in [-0.3, -0.25) is 14.9 Å². The number of allylic oxidation sites excluding steroid dienone is 1. The normalized spacial score (nSPS) is 21.9. The highest BCUT2D eigenvalue weighted by atomic mass is 16.7. The molecule has 0 spiro atoms. The number of hydrogen-bond donors (Lipinski definition) is 5. The third-order valence-corrected chi connectivity index (χ3v) is 7.45. The Kier molecular flexibility index (Phi) is 14.8. The van der Waals surface area contributed by atoms with Gasteiger partial charge in [-0.15, -0.1) is 0 Å². The first-order valence-corrected chi connectivity index (χ1v) is 17.0. The smallest absolute Gasteiger partial charge is 0.407 e. The van der Waals surface area contributed by atoms with Crippen LogP contribution < -0.4 is 21.3 Å². The standard InChI is InChI=1S/C34H51N5O12/c1-33(2,3)50-31(43)35-16-8-10-27(41)37-22-17-25(38-32(44)51-34(4,5)6)29(26(40)18-22)49-28-11-7-9-24(48-28)19-36-30(42)47-20-21-12-14-23(15-13-21)39(45)46/h9,12-15,22,25-26,28-29,40H,7-8,10-11,16-20H2,1-6H3,(H,35,43)(H,36,42)(H,37,41)(H,38,44)/t22-,25+,26-,28-,29-/m1/s1. The Morgan fingerprint density at radius 2 is 1.61 bits per heavy atom. The van der Waals surface area contributed by atoms with E-state index >= 15 is 0 Å². The zero-order valence-corrected chi connectivity index (χ0v) is 30.0. The molecule has 1 aromatic carbocycles. The number of nitro benzene ring substituents is 1. The van der Waals surface area contributed by atoms with Crippen LogP contribution in [0.25, 0.3) is 0 Å². The van der Waals surface area contributed by atoms with E-state index in [0.717, 1.165) is 0 Å². The molecule has 17 heteroatoms. The van der Waals surface area contributed by atoms with Gasteiger partial charge in [-0.1, -0.05) is 0 Å². The van der Waals surface area contributed by atoms with Crippen molar-refractivity contribution < 1.29 is 52.9 Å². The number of nitro groups is 1. The van der Waals surface area contributed by atoms with Crippen molar-refractivity contribution in [2.75, 3.05) is 13.1 Å². The van der Waals surface area contributed by atoms with Crippen LogP contribution in [0.15, 0.2) is 36.1 Å². The third-order valence-electron chi connectivity index (χ3n) is 7.45. The summed E-state index contributed by atoms with van der Waals surface area (Å²) in [5.41, 5.74) is -0.909. The Morgan fingerprint density at radius 3 is 2.25 bits per heavy atom. The Morgan fingerprint density at radius 1 is 0.941 bits per heavy atom. The Balaban J connectivity index is 1.51. The molecule has 5 N–H and O–H groups in total. The second kappa shape index (κ2) is 18.6. The molecule has 0 bridgehead atoms. The van der Waals surface area contributed by atoms with Crippen LogP contribution in [-0.2, 0) is 35.1 Å². The van der Waals surface area contributed by atoms with Gasteiger partial charge in [-0.05, 0) is 91.0 Å². The number of aliphatic hydroxyl groups excluding tert-OH is 1. The fourth-order valence-corrected chi connectivity index (χ4v) is 5.30. The minimum absolute atomic E-state index is 0.00678. The number of aliphatic hydroxyl groups is 1. The molecule has 0 aromatic heterocycles. The maximum atomic E-state index is 12.8. The van der Waals surface area contributed by atoms with E-state index in [-0.39, 0.29) is 50.6 Å². The molecule has 284 valence electrons. The van der Waals surface area contributed by atoms with Crippen molar-refractivity contribution in [3.05, 3.63) is 51.8 Å². The van der Waals surface area contributed by atoms with Gasteiger partial charge in [0, 0.05) is 37.6 Å². The summed E-state index contributed by atoms with van der Waals surface area (Å²) in [7, 11) is 0. The number of alkyl carbamates (subject to hydrolysis) is 3. The van der Waals surface area contributed by atoms with Crippen LogP contribution >= 0.6 is 0 Å². The fourth-order valence-electron chi connectivity index (χ4n) is 5.30. The summed E-state index contributed by atoms with van der Waals surface area (Å²) in [5.74, 6) is 0.129. The Labute approximate surface area is 297 Å². The number of nitrogens with one attached hydrogen (secondary N) is 4. The molecule has 4 amide bonds. The van der Waals surface area contributed by atoms with Gasteiger partial charge in [0.1, 0.15) is 29.7 Å². The molecule has 0 radical (unpaired) electrons. The lowest BCUT2D eigenvalue weighted by Gasteiger charge is -2.41. The maximum absolute atomic E-state index is 12.8. The Bertz CT molecular complexity index is 1390. The molecule has 51 heavy (non-hydrogen) atoms. The summed E-state index contributed by atoms with van der Waals surface area (Å²) in [5, 5.41) is 32.9. The molecule has 1 aromatic rings. The molecule has 0 saturated heterocycles. The molecular formula is C34H51N5O12. The summed E-state index contributed by atoms with van der Waals surface area (Å²) in [6.45, 7) is 10.6. The van der Waals surface area contributed by atoms with Crippen molar-refractivity contribution in [3.8, 4) is 0 Å². The molecule has 1 aliphatic carbocycles. The van der Waals surface area contributed by atoms with E-state index in [4.69, 9.17) is 23.7 Å². The number of amides is 4. The molecule has 1 heterocycles. The van der Waals surface area contributed by atoms with Crippen LogP contribution in [-0.4, -0.2) is 89.1 Å². The van der Waals surface area contributed by atoms with E-state index in [0.29, 0.717) is 30.6 Å². The molecule has 17 nitrogen and oxygen atoms in total. The summed E-state index contributed by atoms with van der Waals surface area (Å²) in [6, 6.07) is 4.39. The van der Waals surface area contributed by atoms with Crippen molar-refractivity contribution in [1.82, 2.24) is 21.3 Å². The first-order chi connectivity index (χ1) is 23.9. The number of carbonyl (C=O) groups is 4. The van der Waals surface area contributed by atoms with Gasteiger partial charge in [0.15, 0.2) is 6.29 Å². The third kappa shape index (κ3) is 15.4. The van der Waals surface area contributed by atoms with Crippen molar-refractivity contribution in [3.63, 3.8) is 0 Å². The average molecular weight is 722 g/mol. The van der Waals surface area contributed by atoms with Crippen LogP contribution in [0.5, 0.6) is 0 Å². The molecule has 1 fully saturated rings. The zero-order valence-electron chi connectivity index (χ0n) is 30.0. The molecular weight excluding hydrogens is 670 g/mol. The number of non-ortho nitro benzene ring substituents is 1. The number of benzene rings is 1. The molecule has 0 unspecified atom stereocenters. The van der Waals surface area contributed by atoms with E-state index in [1.54, 1.807) is 47.6 Å². The molecule has 3 rings (SSSR count). The van der Waals surface area contributed by atoms with E-state index in [9.17, 15) is 34.4 Å². The summed E-state index contributed by atoms with van der Waals surface area (Å²) < 4.78 is 28.0. The highest BCUT2D eigenvalue weighted by Crippen LogP contribution is 2.28. The lowest BCUT2D eigenvalue weighted by molar-refractivity contribution is -0.384. The van der Waals surface area contributed by atoms with E-state index in [2.05, 4.69) is 21.3 Å². The van der Waals surface area contributed by atoms with E-state index < -0.39 is 65.0 Å². The second-order valence-corrected chi connectivity index (χ2v) is 14.3. The van der Waals surface area contributed by atoms with Crippen molar-refractivity contribution in [1.29, 1.82) is 0 Å². The zero-order chi connectivity index (χ0) is 37.8. The van der Waals surface area contributed by atoms with Crippen molar-refractivity contribution >= 4 is 29.9 Å². The predicted molar refractivity (Wildman–Crippen MR) is 182 cm³/mol. The second-order valence-electron chi connectivity index (χ2n) is 14.3. The fraction of sp³-hybridized carbons (Fsp3) is 0.647. The van der Waals surface area contributed by atoms with Gasteiger partial charge in [-0.25, -0.2) is 14.4 Å². The van der Waals surface area contributed by atoms with Gasteiger partial charge < -0.3 is 50.1 Å². The van der Waals surface area contributed by atoms with Gasteiger partial charge in [0.25, 0.3) is 5.69 Å². The first-order valence-electron chi connectivity index (χ1n) is 17.0. The number of rotatable bonds is 13. The minimum Gasteiger partial charge on any atom is -0.468 e. The Hall–Kier alpha value is -4.64. The number of carbonyl (C=O) groups excluding carboxylic acids is 4. The summed E-state index contributed by atoms with van der Waals surface area (Å²) in [6.07, 6.45) is -1.17. The van der Waals surface area contributed by atoms with Gasteiger partial charge in [0.05, 0.1) is 23.6 Å². The lowest BCUT2D eigenvalue weighted by atomic mass is 9.86. The van der Waals surface area contributed by atoms with E-state index in [1.165, 1.54) is 24.3 Å². The maximum Gasteiger partial charge on any atom is 0.407 e. The van der Waals surface area contributed by atoms with Crippen LogP contribution in [0.3, 0.4) is 0 Å². The highest BCUT2D eigenvalue weighted by molar-refractivity contribution is 5.76. The largest absolute Gasteiger partial charge is 0.468 e. The van der Waals surface area contributed by atoms with Gasteiger partial charge >= 0.3 is 18.3 Å². The van der Waals surface area contributed by atoms with Crippen LogP contribution in [0, 0.1) is 10.1 Å². The lowest BCUT2D eigenvalue weighted by Crippen LogP contribution is -2.59. The number of nitrogens with zero attached hydrogens (tertiary/aromatic N) is 1.